The van der Waals surface area contributed by atoms with Crippen LogP contribution in [0.25, 0.3) is 0 Å². The van der Waals surface area contributed by atoms with Gasteiger partial charge in [0.25, 0.3) is 11.5 Å². The predicted octanol–water partition coefficient (Wildman–Crippen LogP) is 2.51. The van der Waals surface area contributed by atoms with Gasteiger partial charge in [-0.3, -0.25) is 10.1 Å². The number of ether oxygens (including phenoxy) is 27. The van der Waals surface area contributed by atoms with Crippen LogP contribution in [0, 0.1) is 24.0 Å². The molecule has 11 aliphatic heterocycles. The van der Waals surface area contributed by atoms with Gasteiger partial charge in [-0.1, -0.05) is 35.9 Å². The number of aromatic hydroxyl groups is 2. The molecule has 0 saturated carbocycles. The maximum absolute atomic E-state index is 14.5. The smallest absolute Gasteiger partial charge is 0.342 e. The van der Waals surface area contributed by atoms with E-state index in [1.165, 1.54) is 68.5 Å². The van der Waals surface area contributed by atoms with Crippen molar-refractivity contribution in [2.45, 2.75) is 301 Å². The Morgan fingerprint density at radius 1 is 0.661 bits per heavy atom. The standard InChI is InChI=1S/C74H103Cl2NO38/c1-17-18-94-57-46(75)29(3)45(56(91-14)47(57)76)65(85)107-51-30(4)99-42(21-38(51)103-43-23-70(9,77(87)88)60(93-16)33(7)100-43)106-50-32(6)111-73(22-37(50)80)114-61-34(8)101-68(59(83)72(61,11)115-73)109-62-52(90-13)31(5)102-69(71(62,10)86)108-53-39(24-89-12)105-67(58(92-15)48(53)81)110-66-49(82)54-41(25-95-66)112-74(113-54)63-55(96-27-97-63)40(26-98-74)104-64(84)44-28(2)19-35(78)20-36(44)79/h17,19-20,30-34,37-43,48-55,58-63,66-69,78-83,86H,1,18,21-27H2,2-16H3/t30-,31-,32-,33+,34-,37-,38-,39-,40-,41+,42+,43+,48+,49-,50-,51-,52+,53-,54-,55+,58+,59-,60+,61-,62+,63-,66+,67+,68+,69+,70+,71-,72-,73-,74-/m1/s1. The Labute approximate surface area is 671 Å². The highest BCUT2D eigenvalue weighted by Gasteiger charge is 2.71. The maximum atomic E-state index is 14.5. The van der Waals surface area contributed by atoms with Gasteiger partial charge < -0.3 is 164 Å². The third-order valence-corrected chi connectivity index (χ3v) is 24.0. The Balaban J connectivity index is 0.654. The van der Waals surface area contributed by atoms with Gasteiger partial charge in [-0.25, -0.2) is 9.59 Å². The van der Waals surface area contributed by atoms with Gasteiger partial charge in [-0.2, -0.15) is 0 Å². The highest BCUT2D eigenvalue weighted by Crippen LogP contribution is 2.54. The lowest BCUT2D eigenvalue weighted by molar-refractivity contribution is -0.595. The van der Waals surface area contributed by atoms with Crippen LogP contribution in [-0.4, -0.2) is 334 Å². The first-order valence-corrected chi connectivity index (χ1v) is 38.6. The number of benzene rings is 2. The Morgan fingerprint density at radius 3 is 2.04 bits per heavy atom. The minimum atomic E-state index is -2.26. The van der Waals surface area contributed by atoms with E-state index in [1.807, 2.05) is 0 Å². The molecule has 11 fully saturated rings. The Kier molecular flexibility index (Phi) is 26.5. The van der Waals surface area contributed by atoms with Crippen LogP contribution in [-0.2, 0) is 118 Å². The lowest BCUT2D eigenvalue weighted by Crippen LogP contribution is -2.71. The van der Waals surface area contributed by atoms with E-state index >= 15 is 0 Å². The monoisotopic (exact) mass is 1680 g/mol. The fourth-order valence-electron chi connectivity index (χ4n) is 17.5. The van der Waals surface area contributed by atoms with Crippen molar-refractivity contribution >= 4 is 35.1 Å². The van der Waals surface area contributed by atoms with Gasteiger partial charge in [-0.15, -0.1) is 0 Å². The topological polar surface area (TPSA) is 468 Å². The molecule has 2 spiro atoms. The molecule has 35 atom stereocenters. The number of aryl methyl sites for hydroxylation is 1. The number of carbonyl (C=O) groups excluding carboxylic acids is 2. The number of phenolic OH excluding ortho intramolecular Hbond substituents is 2. The van der Waals surface area contributed by atoms with E-state index in [4.69, 9.17) is 151 Å². The third kappa shape index (κ3) is 16.3. The quantitative estimate of drug-likeness (QED) is 0.0343. The zero-order valence-corrected chi connectivity index (χ0v) is 67.4. The molecule has 41 heteroatoms. The van der Waals surface area contributed by atoms with Crippen molar-refractivity contribution in [3.8, 4) is 23.0 Å². The van der Waals surface area contributed by atoms with Crippen molar-refractivity contribution in [1.82, 2.24) is 0 Å². The number of halogens is 2. The fourth-order valence-corrected chi connectivity index (χ4v) is 18.1. The summed E-state index contributed by atoms with van der Waals surface area (Å²) in [5.74, 6) is -6.80. The molecule has 13 rings (SSSR count). The molecule has 11 aliphatic rings. The molecule has 11 saturated heterocycles. The van der Waals surface area contributed by atoms with E-state index in [0.29, 0.717) is 0 Å². The Bertz CT molecular complexity index is 3770. The van der Waals surface area contributed by atoms with E-state index in [0.717, 1.165) is 6.07 Å². The van der Waals surface area contributed by atoms with Crippen LogP contribution in [0.4, 0.5) is 0 Å². The number of aliphatic hydroxyl groups is 5. The van der Waals surface area contributed by atoms with Crippen molar-refractivity contribution in [2.75, 3.05) is 68.8 Å². The second-order valence-electron chi connectivity index (χ2n) is 31.1. The predicted molar refractivity (Wildman–Crippen MR) is 382 cm³/mol. The SMILES string of the molecule is C=CCOc1c(Cl)c(C)c(C(=O)O[C@@H]2[C@@H](C)O[C@@H](O[C@H]3[C@H](O)C[C@]4(O[C@@H]5[C@@H](C)O[C@@H](O[C@H]6[C@@H](OC)[C@@H](C)O[C@@H](O[C@H]7[C@H](O)[C@H](OC)[C@H](O[C@@H]8OC[C@@H]9O[C@@]%10(OC[C@@H](OC(=O)c%11c(C)cc(O)cc%11O)[C@@H]%11OCO[C@H]%11%10)O[C@H]9[C@H]8O)O[C@@H]7COC)[C@]6(C)O)[C@@H](O)[C@@]5(C)O4)O[C@@H]3C)C[C@H]2O[C@H]2C[C@](C)([N+](=O)[O-])[C@@H](OC)[C@H](C)O2)c(OC)c1Cl. The lowest BCUT2D eigenvalue weighted by atomic mass is 9.85. The molecule has 2 aromatic rings. The van der Waals surface area contributed by atoms with Gasteiger partial charge in [0.05, 0.1) is 81.4 Å². The summed E-state index contributed by atoms with van der Waals surface area (Å²) in [7, 11) is 6.62. The molecule has 0 unspecified atom stereocenters. The Hall–Kier alpha value is -4.82. The highest BCUT2D eigenvalue weighted by atomic mass is 35.5. The van der Waals surface area contributed by atoms with Crippen molar-refractivity contribution in [1.29, 1.82) is 0 Å². The first-order valence-electron chi connectivity index (χ1n) is 37.8. The molecule has 11 heterocycles. The van der Waals surface area contributed by atoms with Crippen LogP contribution >= 0.6 is 23.2 Å². The number of hydrogen-bond acceptors (Lipinski definition) is 38. The highest BCUT2D eigenvalue weighted by molar-refractivity contribution is 6.39. The number of methoxy groups -OCH3 is 5. The number of hydrogen-bond donors (Lipinski definition) is 7. The van der Waals surface area contributed by atoms with Crippen molar-refractivity contribution in [2.24, 2.45) is 0 Å². The molecule has 39 nitrogen and oxygen atoms in total. The average Bonchev–Trinajstić information content (AvgIpc) is 1.59. The average molecular weight is 1690 g/mol. The van der Waals surface area contributed by atoms with Gasteiger partial charge in [0.15, 0.2) is 73.7 Å². The molecule has 0 radical (unpaired) electrons. The molecule has 646 valence electrons. The van der Waals surface area contributed by atoms with Gasteiger partial charge in [-0.05, 0) is 79.5 Å². The second kappa shape index (κ2) is 34.6. The molecular formula is C74H103Cl2NO38. The summed E-state index contributed by atoms with van der Waals surface area (Å²) in [6, 6.07) is 2.29. The van der Waals surface area contributed by atoms with Gasteiger partial charge >= 0.3 is 17.9 Å². The first-order chi connectivity index (χ1) is 54.4. The summed E-state index contributed by atoms with van der Waals surface area (Å²) in [6.07, 6.45) is -37.8. The molecule has 0 bridgehead atoms. The summed E-state index contributed by atoms with van der Waals surface area (Å²) in [6.45, 7) is 17.9. The normalized spacial score (nSPS) is 45.1. The van der Waals surface area contributed by atoms with Crippen LogP contribution in [0.3, 0.4) is 0 Å². The van der Waals surface area contributed by atoms with Crippen LogP contribution in [0.5, 0.6) is 23.0 Å². The van der Waals surface area contributed by atoms with Gasteiger partial charge in [0.1, 0.15) is 138 Å². The third-order valence-electron chi connectivity index (χ3n) is 23.2. The summed E-state index contributed by atoms with van der Waals surface area (Å²) in [5.41, 5.74) is -5.60. The number of nitro groups is 1. The number of fused-ring (bicyclic) bond motifs is 4. The fraction of sp³-hybridized carbons (Fsp3) is 0.784. The summed E-state index contributed by atoms with van der Waals surface area (Å²) >= 11 is 13.5. The van der Waals surface area contributed by atoms with E-state index in [2.05, 4.69) is 6.58 Å². The van der Waals surface area contributed by atoms with E-state index in [9.17, 15) is 55.4 Å². The number of esters is 2. The van der Waals surface area contributed by atoms with Crippen molar-refractivity contribution in [3.05, 3.63) is 67.2 Å². The number of aliphatic hydroxyl groups excluding tert-OH is 4. The van der Waals surface area contributed by atoms with Crippen LogP contribution < -0.4 is 9.47 Å². The minimum Gasteiger partial charge on any atom is -0.508 e. The van der Waals surface area contributed by atoms with Crippen molar-refractivity contribution < 1.29 is 178 Å². The minimum absolute atomic E-state index is 0.00337. The zero-order chi connectivity index (χ0) is 83.2. The molecule has 115 heavy (non-hydrogen) atoms. The van der Waals surface area contributed by atoms with E-state index in [-0.39, 0.29) is 95.6 Å². The molecule has 0 amide bonds. The molecule has 0 aliphatic carbocycles. The van der Waals surface area contributed by atoms with Gasteiger partial charge in [0.2, 0.25) is 0 Å². The van der Waals surface area contributed by atoms with Crippen LogP contribution in [0.15, 0.2) is 24.8 Å². The van der Waals surface area contributed by atoms with E-state index in [1.54, 1.807) is 48.5 Å². The largest absolute Gasteiger partial charge is 0.508 e. The number of phenols is 2. The molecular weight excluding hydrogens is 1580 g/mol. The molecule has 0 aromatic heterocycles. The number of rotatable bonds is 24. The summed E-state index contributed by atoms with van der Waals surface area (Å²) < 4.78 is 167. The van der Waals surface area contributed by atoms with Crippen molar-refractivity contribution in [3.63, 3.8) is 0 Å². The maximum Gasteiger partial charge on any atom is 0.342 e. The van der Waals surface area contributed by atoms with E-state index < -0.39 is 242 Å². The molecule has 2 aromatic carbocycles. The van der Waals surface area contributed by atoms with Gasteiger partial charge in [0, 0.05) is 52.8 Å². The van der Waals surface area contributed by atoms with Crippen LogP contribution in [0.1, 0.15) is 106 Å². The summed E-state index contributed by atoms with van der Waals surface area (Å²) in [4.78, 5) is 40.2. The van der Waals surface area contributed by atoms with Crippen LogP contribution in [0.2, 0.25) is 10.0 Å². The summed E-state index contributed by atoms with van der Waals surface area (Å²) in [5, 5.41) is 94.9. The first kappa shape index (κ1) is 88.0. The number of nitrogens with zero attached hydrogens (tertiary/aromatic N) is 1. The zero-order valence-electron chi connectivity index (χ0n) is 65.9. The lowest BCUT2D eigenvalue weighted by Gasteiger charge is -2.53. The molecule has 7 N–H and O–H groups in total. The Morgan fingerprint density at radius 2 is 1.37 bits per heavy atom. The number of carbonyl (C=O) groups is 2. The second-order valence-corrected chi connectivity index (χ2v) is 31.9.